The fourth-order valence-corrected chi connectivity index (χ4v) is 1.88. The van der Waals surface area contributed by atoms with Crippen molar-refractivity contribution in [3.63, 3.8) is 0 Å². The van der Waals surface area contributed by atoms with Crippen LogP contribution in [0.25, 0.3) is 16.8 Å². The summed E-state index contributed by atoms with van der Waals surface area (Å²) in [6.45, 7) is 1.42. The van der Waals surface area contributed by atoms with Crippen LogP contribution in [0.4, 0.5) is 0 Å². The molecule has 0 spiro atoms. The van der Waals surface area contributed by atoms with Gasteiger partial charge in [0, 0.05) is 6.08 Å². The van der Waals surface area contributed by atoms with Gasteiger partial charge >= 0.3 is 5.97 Å². The van der Waals surface area contributed by atoms with Crippen molar-refractivity contribution in [1.29, 1.82) is 0 Å². The highest BCUT2D eigenvalue weighted by Gasteiger charge is 2.11. The molecule has 2 N–H and O–H groups in total. The molecule has 0 aliphatic heterocycles. The van der Waals surface area contributed by atoms with Crippen molar-refractivity contribution in [2.24, 2.45) is 0 Å². The first-order valence-corrected chi connectivity index (χ1v) is 6.27. The largest absolute Gasteiger partial charge is 0.480 e. The van der Waals surface area contributed by atoms with Crippen LogP contribution in [-0.4, -0.2) is 23.0 Å². The third-order valence-electron chi connectivity index (χ3n) is 2.97. The number of hydrogen-bond acceptors (Lipinski definition) is 2. The molecule has 0 saturated carbocycles. The lowest BCUT2D eigenvalue weighted by atomic mass is 10.0. The van der Waals surface area contributed by atoms with E-state index in [1.165, 1.54) is 13.0 Å². The first-order valence-electron chi connectivity index (χ1n) is 6.27. The van der Waals surface area contributed by atoms with Gasteiger partial charge < -0.3 is 10.4 Å². The van der Waals surface area contributed by atoms with Crippen molar-refractivity contribution in [3.8, 4) is 0 Å². The predicted octanol–water partition coefficient (Wildman–Crippen LogP) is 2.44. The molecule has 1 unspecified atom stereocenters. The summed E-state index contributed by atoms with van der Waals surface area (Å²) in [7, 11) is 0. The molecule has 0 aromatic heterocycles. The van der Waals surface area contributed by atoms with Crippen LogP contribution in [0.15, 0.2) is 48.5 Å². The molecular weight excluding hydrogens is 254 g/mol. The van der Waals surface area contributed by atoms with E-state index >= 15 is 0 Å². The fraction of sp³-hybridized carbons (Fsp3) is 0.125. The molecule has 4 heteroatoms. The van der Waals surface area contributed by atoms with Gasteiger partial charge in [0.2, 0.25) is 5.91 Å². The first kappa shape index (κ1) is 13.8. The van der Waals surface area contributed by atoms with Gasteiger partial charge in [-0.1, -0.05) is 42.5 Å². The summed E-state index contributed by atoms with van der Waals surface area (Å²) in [5, 5.41) is 13.2. The van der Waals surface area contributed by atoms with Crippen molar-refractivity contribution >= 4 is 28.7 Å². The molecule has 2 rings (SSSR count). The molecule has 0 saturated heterocycles. The number of carboxylic acid groups (broad SMARTS) is 1. The minimum atomic E-state index is -1.06. The van der Waals surface area contributed by atoms with E-state index in [1.807, 2.05) is 42.5 Å². The lowest BCUT2D eigenvalue weighted by Gasteiger charge is -2.06. The third kappa shape index (κ3) is 3.23. The molecule has 1 amide bonds. The second-order valence-electron chi connectivity index (χ2n) is 4.47. The van der Waals surface area contributed by atoms with Crippen LogP contribution >= 0.6 is 0 Å². The molecule has 4 nitrogen and oxygen atoms in total. The molecular formula is C16H15NO3. The molecule has 2 aromatic rings. The van der Waals surface area contributed by atoms with Gasteiger partial charge in [0.15, 0.2) is 0 Å². The normalized spacial score (nSPS) is 12.4. The monoisotopic (exact) mass is 269 g/mol. The van der Waals surface area contributed by atoms with Gasteiger partial charge in [0.25, 0.3) is 0 Å². The highest BCUT2D eigenvalue weighted by atomic mass is 16.4. The number of carboxylic acids is 1. The Kier molecular flexibility index (Phi) is 4.15. The molecule has 20 heavy (non-hydrogen) atoms. The van der Waals surface area contributed by atoms with E-state index in [1.54, 1.807) is 6.08 Å². The summed E-state index contributed by atoms with van der Waals surface area (Å²) in [6.07, 6.45) is 3.04. The van der Waals surface area contributed by atoms with Crippen LogP contribution in [0.1, 0.15) is 12.5 Å². The van der Waals surface area contributed by atoms with Gasteiger partial charge in [-0.05, 0) is 29.3 Å². The summed E-state index contributed by atoms with van der Waals surface area (Å²) >= 11 is 0. The second kappa shape index (κ2) is 6.02. The van der Waals surface area contributed by atoms with Crippen LogP contribution in [0.3, 0.4) is 0 Å². The average molecular weight is 269 g/mol. The highest BCUT2D eigenvalue weighted by molar-refractivity contribution is 5.97. The van der Waals surface area contributed by atoms with Crippen molar-refractivity contribution in [2.75, 3.05) is 0 Å². The summed E-state index contributed by atoms with van der Waals surface area (Å²) < 4.78 is 0. The zero-order chi connectivity index (χ0) is 14.5. The second-order valence-corrected chi connectivity index (χ2v) is 4.47. The highest BCUT2D eigenvalue weighted by Crippen LogP contribution is 2.19. The van der Waals surface area contributed by atoms with Gasteiger partial charge in [-0.25, -0.2) is 0 Å². The molecule has 0 heterocycles. The molecule has 2 aromatic carbocycles. The maximum Gasteiger partial charge on any atom is 0.325 e. The standard InChI is InChI=1S/C16H15NO3/c1-11(16(19)20)17-15(18)10-9-13-7-4-6-12-5-2-3-8-14(12)13/h2-11H,1H3,(H,17,18)(H,19,20)/b10-9+. The molecule has 0 bridgehead atoms. The Hall–Kier alpha value is -2.62. The quantitative estimate of drug-likeness (QED) is 0.838. The average Bonchev–Trinajstić information content (AvgIpc) is 2.44. The van der Waals surface area contributed by atoms with E-state index in [4.69, 9.17) is 5.11 Å². The van der Waals surface area contributed by atoms with E-state index in [-0.39, 0.29) is 0 Å². The zero-order valence-corrected chi connectivity index (χ0v) is 11.0. The first-order chi connectivity index (χ1) is 9.58. The van der Waals surface area contributed by atoms with E-state index in [2.05, 4.69) is 5.32 Å². The third-order valence-corrected chi connectivity index (χ3v) is 2.97. The van der Waals surface area contributed by atoms with Crippen molar-refractivity contribution in [3.05, 3.63) is 54.1 Å². The summed E-state index contributed by atoms with van der Waals surface area (Å²) in [5.74, 6) is -1.48. The van der Waals surface area contributed by atoms with Gasteiger partial charge in [-0.2, -0.15) is 0 Å². The molecule has 1 atom stereocenters. The number of aliphatic carboxylic acids is 1. The van der Waals surface area contributed by atoms with Crippen LogP contribution in [0, 0.1) is 0 Å². The van der Waals surface area contributed by atoms with E-state index in [0.717, 1.165) is 16.3 Å². The van der Waals surface area contributed by atoms with Crippen molar-refractivity contribution in [2.45, 2.75) is 13.0 Å². The fourth-order valence-electron chi connectivity index (χ4n) is 1.88. The van der Waals surface area contributed by atoms with Crippen LogP contribution in [-0.2, 0) is 9.59 Å². The number of benzene rings is 2. The Morgan fingerprint density at radius 2 is 1.85 bits per heavy atom. The number of rotatable bonds is 4. The lowest BCUT2D eigenvalue weighted by Crippen LogP contribution is -2.37. The smallest absolute Gasteiger partial charge is 0.325 e. The summed E-state index contributed by atoms with van der Waals surface area (Å²) in [4.78, 5) is 22.3. The molecule has 102 valence electrons. The number of carbonyl (C=O) groups excluding carboxylic acids is 1. The molecule has 0 aliphatic carbocycles. The number of fused-ring (bicyclic) bond motifs is 1. The van der Waals surface area contributed by atoms with Crippen molar-refractivity contribution < 1.29 is 14.7 Å². The Labute approximate surface area is 116 Å². The van der Waals surface area contributed by atoms with Gasteiger partial charge in [0.1, 0.15) is 6.04 Å². The maximum atomic E-state index is 11.6. The summed E-state index contributed by atoms with van der Waals surface area (Å²) in [5.41, 5.74) is 0.918. The Morgan fingerprint density at radius 1 is 1.15 bits per heavy atom. The van der Waals surface area contributed by atoms with E-state index < -0.39 is 17.9 Å². The SMILES string of the molecule is CC(NC(=O)/C=C/c1cccc2ccccc12)C(=O)O. The van der Waals surface area contributed by atoms with Crippen LogP contribution in [0.5, 0.6) is 0 Å². The zero-order valence-electron chi connectivity index (χ0n) is 11.0. The molecule has 0 radical (unpaired) electrons. The van der Waals surface area contributed by atoms with Crippen molar-refractivity contribution in [1.82, 2.24) is 5.32 Å². The lowest BCUT2D eigenvalue weighted by molar-refractivity contribution is -0.140. The summed E-state index contributed by atoms with van der Waals surface area (Å²) in [6, 6.07) is 12.8. The van der Waals surface area contributed by atoms with Crippen LogP contribution in [0.2, 0.25) is 0 Å². The molecule has 0 fully saturated rings. The Bertz CT molecular complexity index is 671. The number of hydrogen-bond donors (Lipinski definition) is 2. The van der Waals surface area contributed by atoms with Gasteiger partial charge in [0.05, 0.1) is 0 Å². The predicted molar refractivity (Wildman–Crippen MR) is 78.2 cm³/mol. The molecule has 0 aliphatic rings. The number of carbonyl (C=O) groups is 2. The Morgan fingerprint density at radius 3 is 2.60 bits per heavy atom. The maximum absolute atomic E-state index is 11.6. The number of amides is 1. The number of nitrogens with one attached hydrogen (secondary N) is 1. The van der Waals surface area contributed by atoms with Crippen LogP contribution < -0.4 is 5.32 Å². The van der Waals surface area contributed by atoms with Gasteiger partial charge in [-0.3, -0.25) is 9.59 Å². The van der Waals surface area contributed by atoms with E-state index in [9.17, 15) is 9.59 Å². The van der Waals surface area contributed by atoms with Gasteiger partial charge in [-0.15, -0.1) is 0 Å². The Balaban J connectivity index is 2.18. The topological polar surface area (TPSA) is 66.4 Å². The van der Waals surface area contributed by atoms with E-state index in [0.29, 0.717) is 0 Å². The minimum Gasteiger partial charge on any atom is -0.480 e. The minimum absolute atomic E-state index is 0.423.